The van der Waals surface area contributed by atoms with Gasteiger partial charge in [0.1, 0.15) is 11.5 Å². The predicted molar refractivity (Wildman–Crippen MR) is 77.6 cm³/mol. The average Bonchev–Trinajstić information content (AvgIpc) is 3.10. The van der Waals surface area contributed by atoms with E-state index in [2.05, 4.69) is 18.9 Å². The highest BCUT2D eigenvalue weighted by atomic mass is 16.3. The van der Waals surface area contributed by atoms with Gasteiger partial charge in [-0.3, -0.25) is 9.48 Å². The Morgan fingerprint density at radius 1 is 1.35 bits per heavy atom. The zero-order valence-corrected chi connectivity index (χ0v) is 12.2. The van der Waals surface area contributed by atoms with Crippen LogP contribution in [0.15, 0.2) is 35.1 Å². The standard InChI is InChI=1S/C16H22N2O2/c1-3-14(4-2)18-10-9-13(17-18)12-15(19)7-8-16-6-5-11-20-16/h5-6,9-11,14H,3-4,7-8,12H2,1-2H3. The molecular formula is C16H22N2O2. The van der Waals surface area contributed by atoms with Crippen LogP contribution < -0.4 is 0 Å². The highest BCUT2D eigenvalue weighted by molar-refractivity contribution is 5.80. The number of nitrogens with zero attached hydrogens (tertiary/aromatic N) is 2. The van der Waals surface area contributed by atoms with Crippen molar-refractivity contribution in [2.75, 3.05) is 0 Å². The van der Waals surface area contributed by atoms with Crippen molar-refractivity contribution in [3.63, 3.8) is 0 Å². The monoisotopic (exact) mass is 274 g/mol. The van der Waals surface area contributed by atoms with Crippen LogP contribution in [0.2, 0.25) is 0 Å². The first-order chi connectivity index (χ1) is 9.72. The van der Waals surface area contributed by atoms with Crippen LogP contribution in [0.4, 0.5) is 0 Å². The van der Waals surface area contributed by atoms with Gasteiger partial charge >= 0.3 is 0 Å². The van der Waals surface area contributed by atoms with Gasteiger partial charge in [-0.05, 0) is 31.0 Å². The molecule has 20 heavy (non-hydrogen) atoms. The van der Waals surface area contributed by atoms with Crippen molar-refractivity contribution in [1.29, 1.82) is 0 Å². The van der Waals surface area contributed by atoms with Gasteiger partial charge in [-0.2, -0.15) is 5.10 Å². The van der Waals surface area contributed by atoms with Gasteiger partial charge in [-0.1, -0.05) is 13.8 Å². The molecule has 0 aliphatic heterocycles. The molecule has 0 fully saturated rings. The molecule has 2 rings (SSSR count). The minimum Gasteiger partial charge on any atom is -0.469 e. The molecule has 4 heteroatoms. The maximum atomic E-state index is 11.9. The van der Waals surface area contributed by atoms with E-state index >= 15 is 0 Å². The van der Waals surface area contributed by atoms with E-state index in [4.69, 9.17) is 4.42 Å². The van der Waals surface area contributed by atoms with E-state index in [0.717, 1.165) is 24.3 Å². The van der Waals surface area contributed by atoms with Crippen molar-refractivity contribution in [3.8, 4) is 0 Å². The molecule has 0 N–H and O–H groups in total. The first kappa shape index (κ1) is 14.6. The van der Waals surface area contributed by atoms with E-state index in [1.807, 2.05) is 29.1 Å². The number of carbonyl (C=O) groups excluding carboxylic acids is 1. The lowest BCUT2D eigenvalue weighted by atomic mass is 10.1. The molecule has 0 saturated heterocycles. The molecule has 0 aliphatic carbocycles. The summed E-state index contributed by atoms with van der Waals surface area (Å²) in [5.74, 6) is 1.07. The zero-order valence-electron chi connectivity index (χ0n) is 12.2. The summed E-state index contributed by atoms with van der Waals surface area (Å²) in [6.07, 6.45) is 7.32. The maximum Gasteiger partial charge on any atom is 0.139 e. The third-order valence-electron chi connectivity index (χ3n) is 3.59. The van der Waals surface area contributed by atoms with Gasteiger partial charge in [0.2, 0.25) is 0 Å². The maximum absolute atomic E-state index is 11.9. The summed E-state index contributed by atoms with van der Waals surface area (Å²) in [6, 6.07) is 6.12. The second-order valence-electron chi connectivity index (χ2n) is 5.05. The molecule has 2 heterocycles. The van der Waals surface area contributed by atoms with Crippen molar-refractivity contribution >= 4 is 5.78 Å². The minimum atomic E-state index is 0.205. The summed E-state index contributed by atoms with van der Waals surface area (Å²) in [7, 11) is 0. The molecule has 0 aliphatic rings. The zero-order chi connectivity index (χ0) is 14.4. The molecule has 0 atom stereocenters. The molecule has 2 aromatic heterocycles. The van der Waals surface area contributed by atoms with Crippen LogP contribution in [-0.2, 0) is 17.6 Å². The Labute approximate surface area is 119 Å². The van der Waals surface area contributed by atoms with Gasteiger partial charge in [0.05, 0.1) is 24.4 Å². The number of hydrogen-bond acceptors (Lipinski definition) is 3. The molecule has 0 aromatic carbocycles. The fraction of sp³-hybridized carbons (Fsp3) is 0.500. The van der Waals surface area contributed by atoms with Gasteiger partial charge in [0, 0.05) is 19.0 Å². The Morgan fingerprint density at radius 2 is 2.15 bits per heavy atom. The summed E-state index contributed by atoms with van der Waals surface area (Å²) in [5.41, 5.74) is 0.862. The van der Waals surface area contributed by atoms with E-state index in [0.29, 0.717) is 25.3 Å². The van der Waals surface area contributed by atoms with Crippen molar-refractivity contribution in [1.82, 2.24) is 9.78 Å². The van der Waals surface area contributed by atoms with Gasteiger partial charge in [0.25, 0.3) is 0 Å². The molecule has 0 saturated carbocycles. The number of furan rings is 1. The SMILES string of the molecule is CCC(CC)n1ccc(CC(=O)CCc2ccco2)n1. The first-order valence-corrected chi connectivity index (χ1v) is 7.31. The van der Waals surface area contributed by atoms with Crippen molar-refractivity contribution in [3.05, 3.63) is 42.1 Å². The quantitative estimate of drug-likeness (QED) is 0.739. The predicted octanol–water partition coefficient (Wildman–Crippen LogP) is 3.58. The van der Waals surface area contributed by atoms with Crippen LogP contribution in [0, 0.1) is 0 Å². The van der Waals surface area contributed by atoms with E-state index in [9.17, 15) is 4.79 Å². The lowest BCUT2D eigenvalue weighted by Gasteiger charge is -2.12. The fourth-order valence-electron chi connectivity index (χ4n) is 2.35. The molecule has 0 spiro atoms. The number of rotatable bonds is 8. The first-order valence-electron chi connectivity index (χ1n) is 7.31. The molecule has 0 amide bonds. The van der Waals surface area contributed by atoms with Crippen LogP contribution in [0.25, 0.3) is 0 Å². The highest BCUT2D eigenvalue weighted by Gasteiger charge is 2.11. The molecule has 2 aromatic rings. The van der Waals surface area contributed by atoms with Gasteiger partial charge in [-0.15, -0.1) is 0 Å². The lowest BCUT2D eigenvalue weighted by Crippen LogP contribution is -2.09. The van der Waals surface area contributed by atoms with E-state index in [-0.39, 0.29) is 5.78 Å². The van der Waals surface area contributed by atoms with Crippen molar-refractivity contribution < 1.29 is 9.21 Å². The number of carbonyl (C=O) groups is 1. The van der Waals surface area contributed by atoms with E-state index in [1.165, 1.54) is 0 Å². The lowest BCUT2D eigenvalue weighted by molar-refractivity contribution is -0.118. The largest absolute Gasteiger partial charge is 0.469 e. The van der Waals surface area contributed by atoms with Crippen LogP contribution in [0.3, 0.4) is 0 Å². The van der Waals surface area contributed by atoms with Crippen LogP contribution >= 0.6 is 0 Å². The summed E-state index contributed by atoms with van der Waals surface area (Å²) >= 11 is 0. The molecule has 0 bridgehead atoms. The molecule has 0 radical (unpaired) electrons. The highest BCUT2D eigenvalue weighted by Crippen LogP contribution is 2.15. The number of ketones is 1. The Morgan fingerprint density at radius 3 is 2.80 bits per heavy atom. The summed E-state index contributed by atoms with van der Waals surface area (Å²) < 4.78 is 7.21. The molecule has 108 valence electrons. The number of aryl methyl sites for hydroxylation is 1. The Balaban J connectivity index is 1.85. The van der Waals surface area contributed by atoms with Crippen LogP contribution in [-0.4, -0.2) is 15.6 Å². The Hall–Kier alpha value is -1.84. The smallest absolute Gasteiger partial charge is 0.139 e. The molecule has 4 nitrogen and oxygen atoms in total. The van der Waals surface area contributed by atoms with Crippen LogP contribution in [0.1, 0.15) is 50.6 Å². The van der Waals surface area contributed by atoms with E-state index < -0.39 is 0 Å². The summed E-state index contributed by atoms with van der Waals surface area (Å²) in [4.78, 5) is 11.9. The van der Waals surface area contributed by atoms with Crippen molar-refractivity contribution in [2.45, 2.75) is 52.0 Å². The minimum absolute atomic E-state index is 0.205. The van der Waals surface area contributed by atoms with Gasteiger partial charge in [0.15, 0.2) is 0 Å². The molecule has 0 unspecified atom stereocenters. The molecular weight excluding hydrogens is 252 g/mol. The number of aromatic nitrogens is 2. The van der Waals surface area contributed by atoms with Gasteiger partial charge in [-0.25, -0.2) is 0 Å². The topological polar surface area (TPSA) is 48.0 Å². The fourth-order valence-corrected chi connectivity index (χ4v) is 2.35. The third kappa shape index (κ3) is 3.83. The third-order valence-corrected chi connectivity index (χ3v) is 3.59. The normalized spacial score (nSPS) is 11.2. The summed E-state index contributed by atoms with van der Waals surface area (Å²) in [6.45, 7) is 4.31. The number of hydrogen-bond donors (Lipinski definition) is 0. The Bertz CT molecular complexity index is 524. The van der Waals surface area contributed by atoms with E-state index in [1.54, 1.807) is 6.26 Å². The summed E-state index contributed by atoms with van der Waals surface area (Å²) in [5, 5.41) is 4.51. The second-order valence-corrected chi connectivity index (χ2v) is 5.05. The van der Waals surface area contributed by atoms with Crippen LogP contribution in [0.5, 0.6) is 0 Å². The second kappa shape index (κ2) is 7.08. The Kier molecular flexibility index (Phi) is 5.16. The average molecular weight is 274 g/mol. The number of Topliss-reactive ketones (excluding diaryl/α,β-unsaturated/α-hetero) is 1. The van der Waals surface area contributed by atoms with Gasteiger partial charge < -0.3 is 4.42 Å². The van der Waals surface area contributed by atoms with Crippen molar-refractivity contribution in [2.24, 2.45) is 0 Å².